The van der Waals surface area contributed by atoms with Crippen LogP contribution >= 0.6 is 0 Å². The van der Waals surface area contributed by atoms with Crippen LogP contribution in [0.1, 0.15) is 31.1 Å². The normalized spacial score (nSPS) is 13.2. The van der Waals surface area contributed by atoms with Gasteiger partial charge in [-0.25, -0.2) is 4.39 Å². The van der Waals surface area contributed by atoms with Crippen LogP contribution in [0.3, 0.4) is 0 Å². The summed E-state index contributed by atoms with van der Waals surface area (Å²) in [5.41, 5.74) is 4.48. The van der Waals surface area contributed by atoms with Crippen molar-refractivity contribution >= 4 is 11.6 Å². The Kier molecular flexibility index (Phi) is 3.72. The number of rotatable bonds is 4. The Labute approximate surface area is 99.6 Å². The van der Waals surface area contributed by atoms with Gasteiger partial charge < -0.3 is 16.2 Å². The maximum absolute atomic E-state index is 13.2. The zero-order valence-electron chi connectivity index (χ0n) is 10.1. The summed E-state index contributed by atoms with van der Waals surface area (Å²) >= 11 is 0. The number of nitrogens with one attached hydrogen (secondary N) is 1. The van der Waals surface area contributed by atoms with E-state index >= 15 is 0 Å². The van der Waals surface area contributed by atoms with Gasteiger partial charge in [0, 0.05) is 5.69 Å². The molecule has 1 atom stereocenters. The summed E-state index contributed by atoms with van der Waals surface area (Å²) in [6.45, 7) is 5.10. The topological polar surface area (TPSA) is 75.3 Å². The first kappa shape index (κ1) is 13.4. The number of hydrogen-bond donors (Lipinski definition) is 3. The van der Waals surface area contributed by atoms with Gasteiger partial charge in [0.1, 0.15) is 5.82 Å². The number of halogens is 1. The fourth-order valence-electron chi connectivity index (χ4n) is 1.23. The largest absolute Gasteiger partial charge is 0.388 e. The van der Waals surface area contributed by atoms with Gasteiger partial charge in [0.2, 0.25) is 0 Å². The van der Waals surface area contributed by atoms with E-state index in [1.807, 2.05) is 0 Å². The molecule has 4 nitrogen and oxygen atoms in total. The SMILES string of the molecule is CC(Nc1ccc(F)c(C(N)=O)c1)C(C)(C)O. The van der Waals surface area contributed by atoms with Gasteiger partial charge in [0.05, 0.1) is 17.2 Å². The Balaban J connectivity index is 2.94. The number of nitrogens with two attached hydrogens (primary N) is 1. The predicted octanol–water partition coefficient (Wildman–Crippen LogP) is 1.50. The van der Waals surface area contributed by atoms with Crippen LogP contribution in [0.25, 0.3) is 0 Å². The van der Waals surface area contributed by atoms with Gasteiger partial charge in [0.25, 0.3) is 5.91 Å². The van der Waals surface area contributed by atoms with Crippen LogP contribution in [0.4, 0.5) is 10.1 Å². The van der Waals surface area contributed by atoms with Crippen LogP contribution in [-0.2, 0) is 0 Å². The molecule has 17 heavy (non-hydrogen) atoms. The zero-order chi connectivity index (χ0) is 13.2. The third kappa shape index (κ3) is 3.42. The standard InChI is InChI=1S/C12H17FN2O2/c1-7(12(2,3)17)15-8-4-5-10(13)9(6-8)11(14)16/h4-7,15,17H,1-3H3,(H2,14,16). The number of carbonyl (C=O) groups excluding carboxylic acids is 1. The van der Waals surface area contributed by atoms with Crippen molar-refractivity contribution in [1.29, 1.82) is 0 Å². The first-order valence-electron chi connectivity index (χ1n) is 5.30. The Hall–Kier alpha value is -1.62. The summed E-state index contributed by atoms with van der Waals surface area (Å²) in [5.74, 6) is -1.47. The second-order valence-corrected chi connectivity index (χ2v) is 4.58. The number of benzene rings is 1. The molecule has 1 amide bonds. The van der Waals surface area contributed by atoms with Crippen LogP contribution in [0, 0.1) is 5.82 Å². The van der Waals surface area contributed by atoms with Gasteiger partial charge >= 0.3 is 0 Å². The highest BCUT2D eigenvalue weighted by atomic mass is 19.1. The Morgan fingerprint density at radius 3 is 2.59 bits per heavy atom. The van der Waals surface area contributed by atoms with E-state index in [4.69, 9.17) is 5.73 Å². The lowest BCUT2D eigenvalue weighted by molar-refractivity contribution is 0.0649. The Morgan fingerprint density at radius 1 is 1.53 bits per heavy atom. The molecule has 94 valence electrons. The molecule has 0 fully saturated rings. The second-order valence-electron chi connectivity index (χ2n) is 4.58. The molecule has 1 unspecified atom stereocenters. The van der Waals surface area contributed by atoms with Crippen molar-refractivity contribution in [2.45, 2.75) is 32.4 Å². The molecular formula is C12H17FN2O2. The number of amides is 1. The first-order valence-corrected chi connectivity index (χ1v) is 5.30. The molecule has 0 heterocycles. The number of hydrogen-bond acceptors (Lipinski definition) is 3. The second kappa shape index (κ2) is 4.71. The van der Waals surface area contributed by atoms with E-state index in [-0.39, 0.29) is 11.6 Å². The summed E-state index contributed by atoms with van der Waals surface area (Å²) in [4.78, 5) is 11.0. The Bertz CT molecular complexity index is 427. The van der Waals surface area contributed by atoms with Gasteiger partial charge in [0.15, 0.2) is 0 Å². The van der Waals surface area contributed by atoms with Crippen molar-refractivity contribution in [3.63, 3.8) is 0 Å². The first-order chi connectivity index (χ1) is 7.71. The summed E-state index contributed by atoms with van der Waals surface area (Å²) in [6, 6.07) is 3.73. The maximum atomic E-state index is 13.2. The highest BCUT2D eigenvalue weighted by Gasteiger charge is 2.22. The lowest BCUT2D eigenvalue weighted by Crippen LogP contribution is -2.39. The van der Waals surface area contributed by atoms with Crippen molar-refractivity contribution < 1.29 is 14.3 Å². The summed E-state index contributed by atoms with van der Waals surface area (Å²) in [6.07, 6.45) is 0. The molecule has 5 heteroatoms. The van der Waals surface area contributed by atoms with E-state index in [1.54, 1.807) is 20.8 Å². The molecule has 0 bridgehead atoms. The maximum Gasteiger partial charge on any atom is 0.251 e. The fourth-order valence-corrected chi connectivity index (χ4v) is 1.23. The molecule has 0 aromatic heterocycles. The van der Waals surface area contributed by atoms with Crippen molar-refractivity contribution in [3.05, 3.63) is 29.6 Å². The van der Waals surface area contributed by atoms with E-state index in [2.05, 4.69) is 5.32 Å². The smallest absolute Gasteiger partial charge is 0.251 e. The number of primary amides is 1. The van der Waals surface area contributed by atoms with Gasteiger partial charge in [-0.05, 0) is 39.0 Å². The lowest BCUT2D eigenvalue weighted by atomic mass is 10.0. The van der Waals surface area contributed by atoms with Crippen LogP contribution in [0.15, 0.2) is 18.2 Å². The molecule has 0 aliphatic rings. The molecule has 1 aromatic rings. The molecule has 0 saturated carbocycles. The number of anilines is 1. The monoisotopic (exact) mass is 240 g/mol. The van der Waals surface area contributed by atoms with Crippen LogP contribution < -0.4 is 11.1 Å². The molecule has 0 aliphatic carbocycles. The fraction of sp³-hybridized carbons (Fsp3) is 0.417. The van der Waals surface area contributed by atoms with E-state index in [0.717, 1.165) is 0 Å². The van der Waals surface area contributed by atoms with Crippen molar-refractivity contribution in [3.8, 4) is 0 Å². The van der Waals surface area contributed by atoms with E-state index in [1.165, 1.54) is 18.2 Å². The van der Waals surface area contributed by atoms with Gasteiger partial charge in [-0.3, -0.25) is 4.79 Å². The molecule has 0 saturated heterocycles. The van der Waals surface area contributed by atoms with E-state index < -0.39 is 17.3 Å². The van der Waals surface area contributed by atoms with Gasteiger partial charge in [-0.2, -0.15) is 0 Å². The quantitative estimate of drug-likeness (QED) is 0.746. The van der Waals surface area contributed by atoms with Crippen molar-refractivity contribution in [2.24, 2.45) is 5.73 Å². The van der Waals surface area contributed by atoms with Crippen molar-refractivity contribution in [2.75, 3.05) is 5.32 Å². The van der Waals surface area contributed by atoms with Crippen LogP contribution in [0.5, 0.6) is 0 Å². The molecule has 0 radical (unpaired) electrons. The highest BCUT2D eigenvalue weighted by Crippen LogP contribution is 2.18. The summed E-state index contributed by atoms with van der Waals surface area (Å²) in [5, 5.41) is 12.7. The molecule has 0 spiro atoms. The summed E-state index contributed by atoms with van der Waals surface area (Å²) < 4.78 is 13.2. The highest BCUT2D eigenvalue weighted by molar-refractivity contribution is 5.94. The third-order valence-electron chi connectivity index (χ3n) is 2.67. The zero-order valence-corrected chi connectivity index (χ0v) is 10.1. The van der Waals surface area contributed by atoms with Crippen LogP contribution in [0.2, 0.25) is 0 Å². The van der Waals surface area contributed by atoms with Gasteiger partial charge in [-0.15, -0.1) is 0 Å². The molecule has 4 N–H and O–H groups in total. The number of carbonyl (C=O) groups is 1. The Morgan fingerprint density at radius 2 is 2.12 bits per heavy atom. The van der Waals surface area contributed by atoms with Crippen LogP contribution in [-0.4, -0.2) is 22.7 Å². The minimum Gasteiger partial charge on any atom is -0.388 e. The average Bonchev–Trinajstić information content (AvgIpc) is 2.19. The molecular weight excluding hydrogens is 223 g/mol. The summed E-state index contributed by atoms with van der Waals surface area (Å²) in [7, 11) is 0. The van der Waals surface area contributed by atoms with Gasteiger partial charge in [-0.1, -0.05) is 0 Å². The minimum atomic E-state index is -0.929. The lowest BCUT2D eigenvalue weighted by Gasteiger charge is -2.27. The minimum absolute atomic E-state index is 0.169. The molecule has 1 rings (SSSR count). The van der Waals surface area contributed by atoms with E-state index in [0.29, 0.717) is 5.69 Å². The average molecular weight is 240 g/mol. The third-order valence-corrected chi connectivity index (χ3v) is 2.67. The van der Waals surface area contributed by atoms with E-state index in [9.17, 15) is 14.3 Å². The number of aliphatic hydroxyl groups is 1. The molecule has 1 aromatic carbocycles. The van der Waals surface area contributed by atoms with Crippen molar-refractivity contribution in [1.82, 2.24) is 0 Å². The predicted molar refractivity (Wildman–Crippen MR) is 64.3 cm³/mol. The molecule has 0 aliphatic heterocycles.